The molecule has 2 aliphatic rings. The molecular formula is C25H25F3N2O2. The van der Waals surface area contributed by atoms with Crippen LogP contribution in [0.25, 0.3) is 10.9 Å². The van der Waals surface area contributed by atoms with Crippen LogP contribution in [-0.4, -0.2) is 33.4 Å². The fourth-order valence-corrected chi connectivity index (χ4v) is 5.70. The summed E-state index contributed by atoms with van der Waals surface area (Å²) in [5.74, 6) is -3.89. The van der Waals surface area contributed by atoms with E-state index >= 15 is 4.39 Å². The van der Waals surface area contributed by atoms with Gasteiger partial charge in [0, 0.05) is 48.1 Å². The summed E-state index contributed by atoms with van der Waals surface area (Å²) in [6.45, 7) is 2.80. The minimum absolute atomic E-state index is 0.113. The number of H-pyrrole nitrogens is 1. The number of carboxylic acid groups (broad SMARTS) is 1. The zero-order valence-electron chi connectivity index (χ0n) is 17.8. The number of hydrogen-bond donors (Lipinski definition) is 2. The number of aromatic carboxylic acids is 1. The minimum atomic E-state index is -2.61. The lowest BCUT2D eigenvalue weighted by atomic mass is 9.59. The van der Waals surface area contributed by atoms with Gasteiger partial charge in [-0.2, -0.15) is 0 Å². The molecule has 1 aliphatic carbocycles. The molecule has 2 aromatic carbocycles. The molecule has 0 radical (unpaired) electrons. The Morgan fingerprint density at radius 3 is 2.59 bits per heavy atom. The van der Waals surface area contributed by atoms with Gasteiger partial charge in [0.15, 0.2) is 0 Å². The standard InChI is InChI=1S/C25H25F3N2O2/c1-15-10-20(26)19(18-6-8-29-22(15)18)12-30-9-7-24(13-25(27,28)14-24)11-21(30)16-2-4-17(5-3-16)23(31)32/h2-6,8,10,21,29H,7,9,11-14H2,1H3,(H,31,32)/t21-/m0/s1. The van der Waals surface area contributed by atoms with Gasteiger partial charge in [-0.15, -0.1) is 0 Å². The molecular weight excluding hydrogens is 417 g/mol. The number of aromatic nitrogens is 1. The second-order valence-corrected chi connectivity index (χ2v) is 9.50. The molecule has 2 N–H and O–H groups in total. The van der Waals surface area contributed by atoms with Gasteiger partial charge in [0.25, 0.3) is 0 Å². The van der Waals surface area contributed by atoms with Crippen molar-refractivity contribution >= 4 is 16.9 Å². The van der Waals surface area contributed by atoms with Crippen molar-refractivity contribution in [3.05, 3.63) is 70.7 Å². The molecule has 3 aromatic rings. The number of rotatable bonds is 4. The Kier molecular flexibility index (Phi) is 4.85. The van der Waals surface area contributed by atoms with Crippen molar-refractivity contribution < 1.29 is 23.1 Å². The van der Waals surface area contributed by atoms with Crippen LogP contribution in [0.2, 0.25) is 0 Å². The van der Waals surface area contributed by atoms with Crippen molar-refractivity contribution in [2.75, 3.05) is 6.54 Å². The molecule has 1 aliphatic heterocycles. The number of hydrogen-bond acceptors (Lipinski definition) is 2. The van der Waals surface area contributed by atoms with Crippen LogP contribution >= 0.6 is 0 Å². The summed E-state index contributed by atoms with van der Waals surface area (Å²) in [6.07, 6.45) is 2.77. The van der Waals surface area contributed by atoms with Crippen molar-refractivity contribution in [1.82, 2.24) is 9.88 Å². The van der Waals surface area contributed by atoms with Crippen LogP contribution in [-0.2, 0) is 6.54 Å². The highest BCUT2D eigenvalue weighted by atomic mass is 19.3. The average Bonchev–Trinajstić information content (AvgIpc) is 3.21. The van der Waals surface area contributed by atoms with Gasteiger partial charge in [0.2, 0.25) is 5.92 Å². The number of aromatic amines is 1. The maximum absolute atomic E-state index is 15.0. The fraction of sp³-hybridized carbons (Fsp3) is 0.400. The molecule has 0 bridgehead atoms. The molecule has 32 heavy (non-hydrogen) atoms. The normalized spacial score (nSPS) is 22.2. The van der Waals surface area contributed by atoms with Gasteiger partial charge < -0.3 is 10.1 Å². The van der Waals surface area contributed by atoms with Crippen LogP contribution in [0.5, 0.6) is 0 Å². The van der Waals surface area contributed by atoms with Crippen LogP contribution in [0, 0.1) is 18.2 Å². The molecule has 4 nitrogen and oxygen atoms in total. The second kappa shape index (κ2) is 7.37. The molecule has 1 atom stereocenters. The monoisotopic (exact) mass is 442 g/mol. The number of benzene rings is 2. The Bertz CT molecular complexity index is 1180. The number of piperidine rings is 1. The highest BCUT2D eigenvalue weighted by molar-refractivity contribution is 5.87. The predicted molar refractivity (Wildman–Crippen MR) is 115 cm³/mol. The van der Waals surface area contributed by atoms with E-state index in [2.05, 4.69) is 9.88 Å². The van der Waals surface area contributed by atoms with Crippen LogP contribution < -0.4 is 0 Å². The molecule has 2 fully saturated rings. The van der Waals surface area contributed by atoms with E-state index in [1.165, 1.54) is 6.07 Å². The molecule has 7 heteroatoms. The van der Waals surface area contributed by atoms with Gasteiger partial charge in [-0.3, -0.25) is 4.90 Å². The first-order chi connectivity index (χ1) is 15.2. The van der Waals surface area contributed by atoms with E-state index in [-0.39, 0.29) is 30.3 Å². The van der Waals surface area contributed by atoms with Crippen molar-refractivity contribution in [3.8, 4) is 0 Å². The number of nitrogens with one attached hydrogen (secondary N) is 1. The Labute approximate surface area is 184 Å². The maximum Gasteiger partial charge on any atom is 0.335 e. The van der Waals surface area contributed by atoms with Crippen LogP contribution in [0.15, 0.2) is 42.6 Å². The van der Waals surface area contributed by atoms with E-state index in [4.69, 9.17) is 0 Å². The molecule has 1 spiro atoms. The molecule has 0 unspecified atom stereocenters. The summed E-state index contributed by atoms with van der Waals surface area (Å²) in [7, 11) is 0. The minimum Gasteiger partial charge on any atom is -0.478 e. The lowest BCUT2D eigenvalue weighted by molar-refractivity contribution is -0.186. The van der Waals surface area contributed by atoms with E-state index in [1.54, 1.807) is 30.5 Å². The molecule has 168 valence electrons. The maximum atomic E-state index is 15.0. The summed E-state index contributed by atoms with van der Waals surface area (Å²) >= 11 is 0. The first-order valence-electron chi connectivity index (χ1n) is 10.9. The summed E-state index contributed by atoms with van der Waals surface area (Å²) in [6, 6.07) is 9.82. The molecule has 1 aromatic heterocycles. The topological polar surface area (TPSA) is 56.3 Å². The first kappa shape index (κ1) is 21.1. The average molecular weight is 442 g/mol. The van der Waals surface area contributed by atoms with Gasteiger partial charge in [-0.1, -0.05) is 12.1 Å². The van der Waals surface area contributed by atoms with Crippen molar-refractivity contribution in [1.29, 1.82) is 0 Å². The second-order valence-electron chi connectivity index (χ2n) is 9.50. The summed E-state index contributed by atoms with van der Waals surface area (Å²) in [4.78, 5) is 16.6. The van der Waals surface area contributed by atoms with Gasteiger partial charge in [0.05, 0.1) is 5.56 Å². The Hall–Kier alpha value is -2.80. The number of fused-ring (bicyclic) bond motifs is 1. The largest absolute Gasteiger partial charge is 0.478 e. The first-order valence-corrected chi connectivity index (χ1v) is 10.9. The van der Waals surface area contributed by atoms with Gasteiger partial charge in [-0.25, -0.2) is 18.0 Å². The van der Waals surface area contributed by atoms with Crippen LogP contribution in [0.4, 0.5) is 13.2 Å². The SMILES string of the molecule is Cc1cc(F)c(CN2CCC3(C[C@H]2c2ccc(C(=O)O)cc2)CC(F)(F)C3)c2cc[nH]c12. The number of nitrogens with zero attached hydrogens (tertiary/aromatic N) is 1. The fourth-order valence-electron chi connectivity index (χ4n) is 5.70. The zero-order valence-corrected chi connectivity index (χ0v) is 17.8. The third kappa shape index (κ3) is 3.58. The van der Waals surface area contributed by atoms with E-state index < -0.39 is 17.3 Å². The third-order valence-electron chi connectivity index (χ3n) is 7.27. The third-order valence-corrected chi connectivity index (χ3v) is 7.27. The van der Waals surface area contributed by atoms with Crippen molar-refractivity contribution in [2.45, 2.75) is 51.1 Å². The molecule has 5 rings (SSSR count). The number of likely N-dealkylation sites (tertiary alicyclic amines) is 1. The van der Waals surface area contributed by atoms with Crippen LogP contribution in [0.1, 0.15) is 58.8 Å². The molecule has 1 saturated carbocycles. The molecule has 1 saturated heterocycles. The quantitative estimate of drug-likeness (QED) is 0.516. The number of carboxylic acids is 1. The van der Waals surface area contributed by atoms with Gasteiger partial charge >= 0.3 is 5.97 Å². The van der Waals surface area contributed by atoms with Crippen molar-refractivity contribution in [3.63, 3.8) is 0 Å². The zero-order chi connectivity index (χ0) is 22.7. The van der Waals surface area contributed by atoms with Crippen molar-refractivity contribution in [2.24, 2.45) is 5.41 Å². The summed E-state index contributed by atoms with van der Waals surface area (Å²) in [5, 5.41) is 10.0. The number of aryl methyl sites for hydroxylation is 1. The summed E-state index contributed by atoms with van der Waals surface area (Å²) < 4.78 is 42.6. The van der Waals surface area contributed by atoms with Gasteiger partial charge in [0.1, 0.15) is 5.82 Å². The van der Waals surface area contributed by atoms with E-state index in [0.717, 1.165) is 22.0 Å². The molecule has 2 heterocycles. The van der Waals surface area contributed by atoms with Crippen LogP contribution in [0.3, 0.4) is 0 Å². The summed E-state index contributed by atoms with van der Waals surface area (Å²) in [5.41, 5.74) is 2.97. The molecule has 0 amide bonds. The number of alkyl halides is 2. The predicted octanol–water partition coefficient (Wildman–Crippen LogP) is 6.07. The highest BCUT2D eigenvalue weighted by Gasteiger charge is 2.58. The lowest BCUT2D eigenvalue weighted by Gasteiger charge is -2.54. The number of halogens is 3. The smallest absolute Gasteiger partial charge is 0.335 e. The number of carbonyl (C=O) groups is 1. The van der Waals surface area contributed by atoms with Gasteiger partial charge in [-0.05, 0) is 67.1 Å². The van der Waals surface area contributed by atoms with E-state index in [0.29, 0.717) is 31.5 Å². The lowest BCUT2D eigenvalue weighted by Crippen LogP contribution is -2.53. The Morgan fingerprint density at radius 1 is 1.22 bits per heavy atom. The Balaban J connectivity index is 1.49. The van der Waals surface area contributed by atoms with E-state index in [9.17, 15) is 18.7 Å². The highest BCUT2D eigenvalue weighted by Crippen LogP contribution is 2.60. The Morgan fingerprint density at radius 2 is 1.94 bits per heavy atom. The van der Waals surface area contributed by atoms with E-state index in [1.807, 2.05) is 13.0 Å².